The van der Waals surface area contributed by atoms with Crippen LogP contribution >= 0.6 is 0 Å². The highest BCUT2D eigenvalue weighted by Crippen LogP contribution is 2.40. The number of carbonyl (C=O) groups is 3. The van der Waals surface area contributed by atoms with Gasteiger partial charge in [-0.05, 0) is 107 Å². The molecule has 3 aromatic heterocycles. The van der Waals surface area contributed by atoms with Crippen LogP contribution < -0.4 is 35.8 Å². The number of aryl methyl sites for hydroxylation is 1. The van der Waals surface area contributed by atoms with Gasteiger partial charge in [0, 0.05) is 130 Å². The van der Waals surface area contributed by atoms with Crippen molar-refractivity contribution >= 4 is 58.8 Å². The number of anilines is 6. The molecular formula is C54H72N12O6. The molecule has 0 saturated carbocycles. The Balaban J connectivity index is 0.834. The maximum absolute atomic E-state index is 14.2. The van der Waals surface area contributed by atoms with E-state index in [1.54, 1.807) is 19.3 Å². The van der Waals surface area contributed by atoms with E-state index in [0.29, 0.717) is 56.3 Å². The van der Waals surface area contributed by atoms with E-state index in [4.69, 9.17) is 14.7 Å². The van der Waals surface area contributed by atoms with Gasteiger partial charge in [0.2, 0.25) is 12.3 Å². The predicted molar refractivity (Wildman–Crippen MR) is 280 cm³/mol. The van der Waals surface area contributed by atoms with Crippen molar-refractivity contribution in [2.45, 2.75) is 116 Å². The van der Waals surface area contributed by atoms with Gasteiger partial charge in [-0.25, -0.2) is 9.97 Å². The number of nitrogens with one attached hydrogen (secondary N) is 2. The number of imide groups is 1. The zero-order chi connectivity index (χ0) is 50.4. The number of hydrogen-bond acceptors (Lipinski definition) is 14. The second-order valence-corrected chi connectivity index (χ2v) is 21.8. The van der Waals surface area contributed by atoms with Crippen LogP contribution in [0.1, 0.15) is 87.6 Å². The van der Waals surface area contributed by atoms with E-state index in [-0.39, 0.29) is 47.4 Å². The van der Waals surface area contributed by atoms with Crippen molar-refractivity contribution in [3.63, 3.8) is 0 Å². The van der Waals surface area contributed by atoms with Gasteiger partial charge in [0.15, 0.2) is 5.82 Å². The second kappa shape index (κ2) is 20.3. The Labute approximate surface area is 422 Å². The summed E-state index contributed by atoms with van der Waals surface area (Å²) in [5.41, 5.74) is 6.63. The lowest BCUT2D eigenvalue weighted by Gasteiger charge is -2.48. The molecule has 72 heavy (non-hydrogen) atoms. The molecule has 18 nitrogen and oxygen atoms in total. The molecule has 3 unspecified atom stereocenters. The molecule has 18 heteroatoms. The predicted octanol–water partition coefficient (Wildman–Crippen LogP) is 4.41. The first-order valence-corrected chi connectivity index (χ1v) is 26.1. The number of aliphatic hydroxyl groups excluding tert-OH is 1. The number of amides is 3. The van der Waals surface area contributed by atoms with Gasteiger partial charge in [0.1, 0.15) is 17.3 Å². The van der Waals surface area contributed by atoms with E-state index in [0.717, 1.165) is 101 Å². The lowest BCUT2D eigenvalue weighted by Crippen LogP contribution is -2.60. The minimum atomic E-state index is -0.541. The summed E-state index contributed by atoms with van der Waals surface area (Å²) in [7, 11) is 1.69. The van der Waals surface area contributed by atoms with Crippen LogP contribution in [0.25, 0.3) is 6.08 Å². The molecule has 6 atom stereocenters. The third-order valence-corrected chi connectivity index (χ3v) is 16.3. The van der Waals surface area contributed by atoms with Crippen molar-refractivity contribution in [2.24, 2.45) is 12.5 Å². The smallest absolute Gasteiger partial charge is 0.293 e. The molecule has 0 spiro atoms. The van der Waals surface area contributed by atoms with Gasteiger partial charge in [-0.2, -0.15) is 0 Å². The molecule has 10 rings (SSSR count). The first kappa shape index (κ1) is 49.3. The summed E-state index contributed by atoms with van der Waals surface area (Å²) in [6.45, 7) is 18.8. The van der Waals surface area contributed by atoms with Crippen LogP contribution in [0.3, 0.4) is 0 Å². The summed E-state index contributed by atoms with van der Waals surface area (Å²) >= 11 is 0. The van der Waals surface area contributed by atoms with Gasteiger partial charge in [-0.1, -0.05) is 13.8 Å². The highest BCUT2D eigenvalue weighted by molar-refractivity contribution is 5.98. The molecule has 1 aromatic carbocycles. The Morgan fingerprint density at radius 1 is 0.889 bits per heavy atom. The van der Waals surface area contributed by atoms with Gasteiger partial charge < -0.3 is 48.8 Å². The summed E-state index contributed by atoms with van der Waals surface area (Å²) in [6, 6.07) is 12.9. The van der Waals surface area contributed by atoms with E-state index < -0.39 is 11.9 Å². The van der Waals surface area contributed by atoms with Crippen molar-refractivity contribution in [3.05, 3.63) is 87.7 Å². The van der Waals surface area contributed by atoms with Gasteiger partial charge in [-0.3, -0.25) is 29.4 Å². The Morgan fingerprint density at radius 2 is 1.72 bits per heavy atom. The normalized spacial score (nSPS) is 25.7. The molecular weight excluding hydrogens is 913 g/mol. The van der Waals surface area contributed by atoms with E-state index in [1.165, 1.54) is 27.6 Å². The van der Waals surface area contributed by atoms with Crippen LogP contribution in [0.15, 0.2) is 59.7 Å². The van der Waals surface area contributed by atoms with Crippen molar-refractivity contribution < 1.29 is 24.2 Å². The minimum absolute atomic E-state index is 0.00350. The first-order chi connectivity index (χ1) is 34.7. The van der Waals surface area contributed by atoms with E-state index in [2.05, 4.69) is 87.6 Å². The maximum atomic E-state index is 14.2. The zero-order valence-electron chi connectivity index (χ0n) is 42.8. The second-order valence-electron chi connectivity index (χ2n) is 21.8. The van der Waals surface area contributed by atoms with E-state index in [1.807, 2.05) is 34.2 Å². The van der Waals surface area contributed by atoms with Gasteiger partial charge in [-0.15, -0.1) is 0 Å². The number of nitrogens with zero attached hydrogens (tertiary/aromatic N) is 10. The van der Waals surface area contributed by atoms with E-state index >= 15 is 0 Å². The summed E-state index contributed by atoms with van der Waals surface area (Å²) < 4.78 is 9.40. The van der Waals surface area contributed by atoms with Crippen LogP contribution in [0.5, 0.6) is 0 Å². The molecule has 4 saturated heterocycles. The fraction of sp³-hybridized carbons (Fsp3) is 0.556. The van der Waals surface area contributed by atoms with Crippen molar-refractivity contribution in [1.29, 1.82) is 0 Å². The summed E-state index contributed by atoms with van der Waals surface area (Å²) in [5.74, 6) is 1.11. The number of piperazine rings is 1. The molecule has 1 aliphatic carbocycles. The number of carbonyl (C=O) groups excluding carboxylic acids is 3. The van der Waals surface area contributed by atoms with Crippen LogP contribution in [-0.4, -0.2) is 154 Å². The average Bonchev–Trinajstić information content (AvgIpc) is 3.86. The third kappa shape index (κ3) is 9.72. The number of morpholine rings is 1. The topological polar surface area (TPSA) is 177 Å². The number of benzene rings is 1. The maximum Gasteiger partial charge on any atom is 0.293 e. The van der Waals surface area contributed by atoms with Crippen LogP contribution in [-0.2, 0) is 40.8 Å². The number of hydrogen-bond donors (Lipinski definition) is 3. The molecule has 4 aromatic rings. The van der Waals surface area contributed by atoms with Crippen molar-refractivity contribution in [2.75, 3.05) is 90.6 Å². The Bertz CT molecular complexity index is 2770. The third-order valence-electron chi connectivity index (χ3n) is 16.3. The molecule has 5 aliphatic heterocycles. The number of pyridine rings is 1. The first-order valence-electron chi connectivity index (χ1n) is 26.1. The van der Waals surface area contributed by atoms with Gasteiger partial charge >= 0.3 is 0 Å². The monoisotopic (exact) mass is 985 g/mol. The lowest BCUT2D eigenvalue weighted by atomic mass is 9.90. The van der Waals surface area contributed by atoms with Crippen molar-refractivity contribution in [3.8, 4) is 0 Å². The largest absolute Gasteiger partial charge is 0.394 e. The van der Waals surface area contributed by atoms with Crippen LogP contribution in [0.2, 0.25) is 0 Å². The molecule has 3 amide bonds. The van der Waals surface area contributed by atoms with Gasteiger partial charge in [0.05, 0.1) is 37.9 Å². The molecule has 384 valence electrons. The molecule has 4 fully saturated rings. The SMILES string of the molecule is C[C@H]1CC(N2CCN(c3ccc(Nc4nc(N5CCCC(N6CCn7c(cc8c7CC(C)(C)C8)C6=O)C5CO)cn(C)c4=O)cc3C=CC(=O)NC=O)[C@@H](C)C2)CCN1c1ccnc(N2CCOC[C@@H]2C)c1. The Morgan fingerprint density at radius 3 is 2.50 bits per heavy atom. The van der Waals surface area contributed by atoms with Crippen LogP contribution in [0, 0.1) is 5.41 Å². The number of ether oxygens (including phenoxy) is 1. The number of aromatic nitrogens is 4. The fourth-order valence-electron chi connectivity index (χ4n) is 12.7. The molecule has 3 N–H and O–H groups in total. The summed E-state index contributed by atoms with van der Waals surface area (Å²) in [5, 5.41) is 16.5. The quantitative estimate of drug-likeness (QED) is 0.134. The number of rotatable bonds is 12. The van der Waals surface area contributed by atoms with E-state index in [9.17, 15) is 24.3 Å². The standard InChI is InChI=1S/C54H72N12O6/c1-35-24-41(14-17-61(35)42-13-15-55-48(27-42)63-22-23-72-33-37(63)3)60-18-19-62(36(2)30-60)43-11-10-40(25-38(43)9-12-50(69)56-34-68)57-51-53(71)59(6)31-49(58-51)65-16-7-8-44(47(65)32-67)66-21-20-64-45(52(66)70)26-39-28-54(4,5)29-46(39)64/h9-13,15,25-27,31,34-37,41,44,47,67H,7-8,14,16-24,28-30,32-33H2,1-6H3,(H,57,58)(H,56,68,69)/t35-,36-,37-,41?,44?,47?/m0/s1. The Hall–Kier alpha value is -6.24. The summed E-state index contributed by atoms with van der Waals surface area (Å²) in [6.07, 6.45) is 12.6. The number of piperidine rings is 2. The summed E-state index contributed by atoms with van der Waals surface area (Å²) in [4.78, 5) is 75.3. The van der Waals surface area contributed by atoms with Crippen LogP contribution in [0.4, 0.5) is 34.5 Å². The molecule has 6 aliphatic rings. The molecule has 0 radical (unpaired) electrons. The highest BCUT2D eigenvalue weighted by Gasteiger charge is 2.43. The minimum Gasteiger partial charge on any atom is -0.394 e. The fourth-order valence-corrected chi connectivity index (χ4v) is 12.7. The zero-order valence-corrected chi connectivity index (χ0v) is 42.8. The average molecular weight is 985 g/mol. The number of fused-ring (bicyclic) bond motifs is 3. The molecule has 0 bridgehead atoms. The Kier molecular flexibility index (Phi) is 13.9. The highest BCUT2D eigenvalue weighted by atomic mass is 16.5. The molecule has 8 heterocycles. The lowest BCUT2D eigenvalue weighted by molar-refractivity contribution is -0.121. The van der Waals surface area contributed by atoms with Crippen molar-refractivity contribution in [1.82, 2.24) is 34.2 Å². The number of aliphatic hydroxyl groups is 1. The van der Waals surface area contributed by atoms with Gasteiger partial charge in [0.25, 0.3) is 11.5 Å².